The minimum absolute atomic E-state index is 0.0316. The first-order chi connectivity index (χ1) is 8.69. The zero-order chi connectivity index (χ0) is 13.0. The molecule has 98 valence electrons. The topological polar surface area (TPSA) is 47.6 Å². The molecule has 5 heteroatoms. The maximum atomic E-state index is 11.9. The van der Waals surface area contributed by atoms with Crippen molar-refractivity contribution in [1.82, 2.24) is 0 Å². The van der Waals surface area contributed by atoms with E-state index in [4.69, 9.17) is 9.47 Å². The molecule has 4 nitrogen and oxygen atoms in total. The summed E-state index contributed by atoms with van der Waals surface area (Å²) in [6, 6.07) is 5.47. The molecule has 1 heterocycles. The Balaban J connectivity index is 1.97. The van der Waals surface area contributed by atoms with Crippen LogP contribution in [0, 0.1) is 0 Å². The molecular weight excluding hydrogens is 298 g/mol. The van der Waals surface area contributed by atoms with Gasteiger partial charge in [0.25, 0.3) is 0 Å². The number of nitrogens with one attached hydrogen (secondary N) is 1. The van der Waals surface area contributed by atoms with Crippen molar-refractivity contribution in [2.24, 2.45) is 0 Å². The molecule has 0 bridgehead atoms. The van der Waals surface area contributed by atoms with Gasteiger partial charge in [0.2, 0.25) is 5.91 Å². The second-order valence-electron chi connectivity index (χ2n) is 4.23. The van der Waals surface area contributed by atoms with Gasteiger partial charge in [-0.2, -0.15) is 0 Å². The Hall–Kier alpha value is -1.07. The van der Waals surface area contributed by atoms with Crippen LogP contribution in [0.5, 0.6) is 5.75 Å². The number of hydrogen-bond acceptors (Lipinski definition) is 3. The van der Waals surface area contributed by atoms with E-state index in [9.17, 15) is 4.79 Å². The molecule has 0 aromatic heterocycles. The Morgan fingerprint density at radius 2 is 2.44 bits per heavy atom. The second-order valence-corrected chi connectivity index (χ2v) is 5.09. The van der Waals surface area contributed by atoms with Gasteiger partial charge in [-0.1, -0.05) is 0 Å². The predicted octanol–water partition coefficient (Wildman–Crippen LogP) is 2.97. The van der Waals surface area contributed by atoms with Crippen LogP contribution in [0.2, 0.25) is 0 Å². The monoisotopic (exact) mass is 313 g/mol. The molecule has 1 saturated heterocycles. The Morgan fingerprint density at radius 3 is 3.11 bits per heavy atom. The van der Waals surface area contributed by atoms with Gasteiger partial charge in [0.15, 0.2) is 0 Å². The molecule has 1 aliphatic rings. The largest absolute Gasteiger partial charge is 0.497 e. The van der Waals surface area contributed by atoms with Crippen LogP contribution in [0.4, 0.5) is 5.69 Å². The third-order valence-corrected chi connectivity index (χ3v) is 3.58. The summed E-state index contributed by atoms with van der Waals surface area (Å²) in [7, 11) is 1.60. The fourth-order valence-corrected chi connectivity index (χ4v) is 2.29. The van der Waals surface area contributed by atoms with Crippen molar-refractivity contribution >= 4 is 27.5 Å². The van der Waals surface area contributed by atoms with Crippen LogP contribution in [0.25, 0.3) is 0 Å². The lowest BCUT2D eigenvalue weighted by Crippen LogP contribution is -2.19. The lowest BCUT2D eigenvalue weighted by atomic mass is 10.2. The van der Waals surface area contributed by atoms with Crippen molar-refractivity contribution in [3.05, 3.63) is 22.7 Å². The fraction of sp³-hybridized carbons (Fsp3) is 0.462. The van der Waals surface area contributed by atoms with Crippen LogP contribution in [-0.4, -0.2) is 25.7 Å². The SMILES string of the molecule is COc1ccc(Br)c(NC(=O)CC2CCCO2)c1. The highest BCUT2D eigenvalue weighted by Crippen LogP contribution is 2.27. The quantitative estimate of drug-likeness (QED) is 0.929. The van der Waals surface area contributed by atoms with Crippen molar-refractivity contribution in [3.8, 4) is 5.75 Å². The summed E-state index contributed by atoms with van der Waals surface area (Å²) in [4.78, 5) is 11.9. The Morgan fingerprint density at radius 1 is 1.61 bits per heavy atom. The first kappa shape index (κ1) is 13.4. The van der Waals surface area contributed by atoms with Gasteiger partial charge in [0.1, 0.15) is 5.75 Å². The average molecular weight is 314 g/mol. The smallest absolute Gasteiger partial charge is 0.227 e. The number of methoxy groups -OCH3 is 1. The summed E-state index contributed by atoms with van der Waals surface area (Å²) in [6.07, 6.45) is 2.48. The zero-order valence-corrected chi connectivity index (χ0v) is 11.8. The van der Waals surface area contributed by atoms with Gasteiger partial charge in [-0.15, -0.1) is 0 Å². The molecule has 1 atom stereocenters. The number of anilines is 1. The predicted molar refractivity (Wildman–Crippen MR) is 72.9 cm³/mol. The molecule has 1 aliphatic heterocycles. The number of carbonyl (C=O) groups excluding carboxylic acids is 1. The summed E-state index contributed by atoms with van der Waals surface area (Å²) in [6.45, 7) is 0.765. The van der Waals surface area contributed by atoms with E-state index in [0.717, 1.165) is 29.6 Å². The number of hydrogen-bond donors (Lipinski definition) is 1. The minimum atomic E-state index is -0.0316. The maximum absolute atomic E-state index is 11.9. The highest BCUT2D eigenvalue weighted by molar-refractivity contribution is 9.10. The van der Waals surface area contributed by atoms with E-state index >= 15 is 0 Å². The fourth-order valence-electron chi connectivity index (χ4n) is 1.94. The summed E-state index contributed by atoms with van der Waals surface area (Å²) < 4.78 is 11.4. The van der Waals surface area contributed by atoms with Gasteiger partial charge in [0.05, 0.1) is 25.3 Å². The number of carbonyl (C=O) groups is 1. The molecule has 1 aromatic carbocycles. The zero-order valence-electron chi connectivity index (χ0n) is 10.2. The second kappa shape index (κ2) is 6.20. The van der Waals surface area contributed by atoms with Gasteiger partial charge < -0.3 is 14.8 Å². The van der Waals surface area contributed by atoms with E-state index in [1.54, 1.807) is 13.2 Å². The summed E-state index contributed by atoms with van der Waals surface area (Å²) in [5.74, 6) is 0.682. The molecule has 1 unspecified atom stereocenters. The molecule has 0 radical (unpaired) electrons. The van der Waals surface area contributed by atoms with Gasteiger partial charge in [0, 0.05) is 17.1 Å². The van der Waals surface area contributed by atoms with E-state index in [-0.39, 0.29) is 12.0 Å². The van der Waals surface area contributed by atoms with E-state index in [2.05, 4.69) is 21.2 Å². The Labute approximate surface area is 115 Å². The van der Waals surface area contributed by atoms with E-state index in [0.29, 0.717) is 12.2 Å². The van der Waals surface area contributed by atoms with Crippen molar-refractivity contribution in [2.75, 3.05) is 19.0 Å². The van der Waals surface area contributed by atoms with E-state index in [1.807, 2.05) is 12.1 Å². The van der Waals surface area contributed by atoms with Crippen LogP contribution >= 0.6 is 15.9 Å². The van der Waals surface area contributed by atoms with Crippen molar-refractivity contribution < 1.29 is 14.3 Å². The lowest BCUT2D eigenvalue weighted by molar-refractivity contribution is -0.118. The number of halogens is 1. The number of ether oxygens (including phenoxy) is 2. The maximum Gasteiger partial charge on any atom is 0.227 e. The highest BCUT2D eigenvalue weighted by Gasteiger charge is 2.19. The molecule has 1 N–H and O–H groups in total. The summed E-state index contributed by atoms with van der Waals surface area (Å²) in [5, 5.41) is 2.87. The first-order valence-corrected chi connectivity index (χ1v) is 6.73. The Kier molecular flexibility index (Phi) is 4.60. The van der Waals surface area contributed by atoms with Gasteiger partial charge in [-0.25, -0.2) is 0 Å². The minimum Gasteiger partial charge on any atom is -0.497 e. The number of amides is 1. The standard InChI is InChI=1S/C13H16BrNO3/c1-17-9-4-5-11(14)12(7-9)15-13(16)8-10-3-2-6-18-10/h4-5,7,10H,2-3,6,8H2,1H3,(H,15,16). The molecule has 0 spiro atoms. The molecule has 2 rings (SSSR count). The average Bonchev–Trinajstić information content (AvgIpc) is 2.84. The summed E-state index contributed by atoms with van der Waals surface area (Å²) >= 11 is 3.40. The normalized spacial score (nSPS) is 18.7. The van der Waals surface area contributed by atoms with Gasteiger partial charge in [-0.05, 0) is 40.9 Å². The van der Waals surface area contributed by atoms with Crippen LogP contribution in [-0.2, 0) is 9.53 Å². The molecule has 1 amide bonds. The summed E-state index contributed by atoms with van der Waals surface area (Å²) in [5.41, 5.74) is 0.720. The molecule has 0 saturated carbocycles. The third-order valence-electron chi connectivity index (χ3n) is 2.88. The van der Waals surface area contributed by atoms with Crippen LogP contribution < -0.4 is 10.1 Å². The number of rotatable bonds is 4. The highest BCUT2D eigenvalue weighted by atomic mass is 79.9. The molecular formula is C13H16BrNO3. The van der Waals surface area contributed by atoms with Crippen molar-refractivity contribution in [3.63, 3.8) is 0 Å². The first-order valence-electron chi connectivity index (χ1n) is 5.94. The van der Waals surface area contributed by atoms with E-state index in [1.165, 1.54) is 0 Å². The van der Waals surface area contributed by atoms with Crippen LogP contribution in [0.3, 0.4) is 0 Å². The van der Waals surface area contributed by atoms with Gasteiger partial charge >= 0.3 is 0 Å². The molecule has 1 fully saturated rings. The van der Waals surface area contributed by atoms with Crippen molar-refractivity contribution in [2.45, 2.75) is 25.4 Å². The van der Waals surface area contributed by atoms with Crippen LogP contribution in [0.1, 0.15) is 19.3 Å². The van der Waals surface area contributed by atoms with Gasteiger partial charge in [-0.3, -0.25) is 4.79 Å². The van der Waals surface area contributed by atoms with Crippen molar-refractivity contribution in [1.29, 1.82) is 0 Å². The van der Waals surface area contributed by atoms with Crippen LogP contribution in [0.15, 0.2) is 22.7 Å². The Bertz CT molecular complexity index is 430. The number of benzene rings is 1. The van der Waals surface area contributed by atoms with E-state index < -0.39 is 0 Å². The third kappa shape index (κ3) is 3.46. The molecule has 1 aromatic rings. The molecule has 0 aliphatic carbocycles. The lowest BCUT2D eigenvalue weighted by Gasteiger charge is -2.12. The molecule has 18 heavy (non-hydrogen) atoms.